The second-order valence-electron chi connectivity index (χ2n) is 9.37. The molecule has 1 unspecified atom stereocenters. The van der Waals surface area contributed by atoms with Crippen LogP contribution in [0.5, 0.6) is 5.75 Å². The fraction of sp³-hybridized carbons (Fsp3) is 0.542. The van der Waals surface area contributed by atoms with Crippen molar-refractivity contribution in [2.45, 2.75) is 63.2 Å². The van der Waals surface area contributed by atoms with E-state index >= 15 is 0 Å². The number of aliphatic hydroxyl groups is 1. The number of aromatic nitrogens is 2. The first-order valence-corrected chi connectivity index (χ1v) is 14.0. The summed E-state index contributed by atoms with van der Waals surface area (Å²) < 4.78 is 51.4. The van der Waals surface area contributed by atoms with Crippen LogP contribution in [0.4, 0.5) is 4.39 Å². The number of halogens is 2. The number of H-pyrrole nitrogens is 1. The third-order valence-corrected chi connectivity index (χ3v) is 8.49. The van der Waals surface area contributed by atoms with Crippen LogP contribution < -0.4 is 15.8 Å². The Hall–Kier alpha value is -2.50. The van der Waals surface area contributed by atoms with Crippen molar-refractivity contribution in [3.8, 4) is 5.75 Å². The summed E-state index contributed by atoms with van der Waals surface area (Å²) in [7, 11) is -4.13. The smallest absolute Gasteiger partial charge is 0.380 e. The molecule has 1 fully saturated rings. The highest BCUT2D eigenvalue weighted by Gasteiger charge is 2.59. The van der Waals surface area contributed by atoms with Gasteiger partial charge in [-0.05, 0) is 32.9 Å². The lowest BCUT2D eigenvalue weighted by molar-refractivity contribution is -0.151. The molecule has 7 atom stereocenters. The summed E-state index contributed by atoms with van der Waals surface area (Å²) in [5.41, 5.74) is -1.62. The van der Waals surface area contributed by atoms with Gasteiger partial charge in [-0.3, -0.25) is 23.7 Å². The average molecular weight is 577 g/mol. The van der Waals surface area contributed by atoms with Crippen LogP contribution in [0.25, 0.3) is 0 Å². The van der Waals surface area contributed by atoms with Crippen molar-refractivity contribution in [3.05, 3.63) is 63.4 Å². The number of rotatable bonds is 11. The zero-order chi connectivity index (χ0) is 28.3. The van der Waals surface area contributed by atoms with E-state index in [0.29, 0.717) is 0 Å². The van der Waals surface area contributed by atoms with Crippen LogP contribution in [0, 0.1) is 5.92 Å². The number of para-hydroxylation sites is 1. The molecular formula is C24H31ClFN2O9P. The molecule has 0 saturated carbocycles. The maximum Gasteiger partial charge on any atom is 0.380 e. The van der Waals surface area contributed by atoms with Gasteiger partial charge in [-0.2, -0.15) is 0 Å². The van der Waals surface area contributed by atoms with E-state index in [1.807, 2.05) is 4.98 Å². The van der Waals surface area contributed by atoms with Crippen LogP contribution in [0.3, 0.4) is 0 Å². The topological polar surface area (TPSA) is 146 Å². The Bertz CT molecular complexity index is 1270. The number of benzene rings is 1. The van der Waals surface area contributed by atoms with Crippen molar-refractivity contribution in [1.29, 1.82) is 0 Å². The second kappa shape index (κ2) is 12.1. The molecule has 1 aromatic carbocycles. The minimum atomic E-state index is -4.13. The van der Waals surface area contributed by atoms with Gasteiger partial charge in [0.15, 0.2) is 6.23 Å². The predicted octanol–water partition coefficient (Wildman–Crippen LogP) is 3.01. The molecule has 1 aliphatic heterocycles. The molecule has 11 nitrogen and oxygen atoms in total. The zero-order valence-electron chi connectivity index (χ0n) is 21.3. The van der Waals surface area contributed by atoms with Crippen molar-refractivity contribution < 1.29 is 37.4 Å². The minimum absolute atomic E-state index is 0.202. The molecule has 0 radical (unpaired) electrons. The van der Waals surface area contributed by atoms with E-state index in [1.165, 1.54) is 13.8 Å². The van der Waals surface area contributed by atoms with Crippen LogP contribution in [0.1, 0.15) is 33.9 Å². The van der Waals surface area contributed by atoms with Gasteiger partial charge < -0.3 is 19.1 Å². The average Bonchev–Trinajstić information content (AvgIpc) is 3.10. The van der Waals surface area contributed by atoms with Gasteiger partial charge in [0.25, 0.3) is 5.56 Å². The second-order valence-corrected chi connectivity index (χ2v) is 12.1. The Kier molecular flexibility index (Phi) is 9.59. The van der Waals surface area contributed by atoms with Gasteiger partial charge >= 0.3 is 19.3 Å². The molecule has 0 amide bonds. The number of nitrogens with one attached hydrogen (secondary N) is 1. The normalized spacial score (nSPS) is 26.5. The Balaban J connectivity index is 1.89. The Labute approximate surface area is 223 Å². The van der Waals surface area contributed by atoms with E-state index in [4.69, 9.17) is 30.1 Å². The molecule has 2 N–H and O–H groups in total. The van der Waals surface area contributed by atoms with Gasteiger partial charge in [-0.15, -0.1) is 11.6 Å². The van der Waals surface area contributed by atoms with Gasteiger partial charge in [-0.25, -0.2) is 13.8 Å². The quantitative estimate of drug-likeness (QED) is 0.234. The maximum atomic E-state index is 14.2. The molecule has 38 heavy (non-hydrogen) atoms. The molecule has 3 rings (SSSR count). The van der Waals surface area contributed by atoms with Gasteiger partial charge in [0.1, 0.15) is 29.5 Å². The first-order valence-electron chi connectivity index (χ1n) is 11.9. The number of carbonyl (C=O) groups is 1. The van der Waals surface area contributed by atoms with E-state index in [-0.39, 0.29) is 11.9 Å². The summed E-state index contributed by atoms with van der Waals surface area (Å²) in [6, 6.07) is 9.13. The molecule has 0 aliphatic carbocycles. The summed E-state index contributed by atoms with van der Waals surface area (Å²) in [5, 5.41) is 10.9. The lowest BCUT2D eigenvalue weighted by Crippen LogP contribution is -2.47. The number of aromatic amines is 1. The van der Waals surface area contributed by atoms with Crippen LogP contribution in [-0.4, -0.2) is 62.8 Å². The molecule has 1 aliphatic rings. The number of carbonyl (C=O) groups excluding carboxylic acids is 1. The molecule has 2 heterocycles. The molecule has 14 heteroatoms. The predicted molar refractivity (Wildman–Crippen MR) is 136 cm³/mol. The Morgan fingerprint density at radius 3 is 2.47 bits per heavy atom. The number of esters is 1. The number of nitrogens with zero attached hydrogens (tertiary/aromatic N) is 1. The largest absolute Gasteiger partial charge is 0.463 e. The fourth-order valence-corrected chi connectivity index (χ4v) is 6.37. The summed E-state index contributed by atoms with van der Waals surface area (Å²) in [5.74, 6) is -1.30. The lowest BCUT2D eigenvalue weighted by atomic mass is 9.97. The number of aliphatic hydroxyl groups excluding tert-OH is 1. The van der Waals surface area contributed by atoms with E-state index in [2.05, 4.69) is 0 Å². The van der Waals surface area contributed by atoms with Crippen LogP contribution in [-0.2, 0) is 23.4 Å². The fourth-order valence-electron chi connectivity index (χ4n) is 3.99. The number of alkyl halides is 2. The van der Waals surface area contributed by atoms with E-state index in [0.717, 1.165) is 16.8 Å². The minimum Gasteiger partial charge on any atom is -0.463 e. The first kappa shape index (κ1) is 30.0. The SMILES string of the molecule is CC(C)OC(=O)[C@H](C)C[P@](=O)(Oc1ccccc1)O[C@@H](C)[C@H]1O[C@@H](n2ccc(=O)[nH]c2=O)C(Cl)(CF)[C@H]1O. The Morgan fingerprint density at radius 1 is 1.24 bits per heavy atom. The van der Waals surface area contributed by atoms with Crippen LogP contribution >= 0.6 is 19.2 Å². The molecule has 210 valence electrons. The zero-order valence-corrected chi connectivity index (χ0v) is 22.9. The number of hydrogen-bond donors (Lipinski definition) is 2. The highest BCUT2D eigenvalue weighted by molar-refractivity contribution is 7.54. The molecule has 2 aromatic rings. The number of ether oxygens (including phenoxy) is 2. The lowest BCUT2D eigenvalue weighted by Gasteiger charge is -2.29. The van der Waals surface area contributed by atoms with Crippen molar-refractivity contribution in [2.75, 3.05) is 12.8 Å². The Morgan fingerprint density at radius 2 is 1.89 bits per heavy atom. The van der Waals surface area contributed by atoms with Gasteiger partial charge in [0, 0.05) is 12.3 Å². The van der Waals surface area contributed by atoms with E-state index in [9.17, 15) is 28.4 Å². The molecule has 0 bridgehead atoms. The van der Waals surface area contributed by atoms with Crippen LogP contribution in [0.15, 0.2) is 52.2 Å². The summed E-state index contributed by atoms with van der Waals surface area (Å²) in [6.07, 6.45) is -5.59. The molecule has 0 spiro atoms. The summed E-state index contributed by atoms with van der Waals surface area (Å²) >= 11 is 6.41. The monoisotopic (exact) mass is 576 g/mol. The standard InChI is InChI=1S/C24H31ClFN2O9P/c1-14(2)34-21(31)15(3)12-38(33,37-17-8-6-5-7-9-17)36-16(4)19-20(30)24(25,13-26)22(35-19)28-11-10-18(29)27-23(28)32/h5-11,14-16,19-20,22,30H,12-13H2,1-4H3,(H,27,29,32)/t15-,16+,19-,20+,22-,24?,38-/m1/s1. The van der Waals surface area contributed by atoms with Crippen LogP contribution in [0.2, 0.25) is 0 Å². The summed E-state index contributed by atoms with van der Waals surface area (Å²) in [4.78, 5) is 36.1. The molecule has 1 saturated heterocycles. The highest BCUT2D eigenvalue weighted by atomic mass is 35.5. The first-order chi connectivity index (χ1) is 17.8. The third-order valence-electron chi connectivity index (χ3n) is 5.84. The van der Waals surface area contributed by atoms with E-state index in [1.54, 1.807) is 44.2 Å². The van der Waals surface area contributed by atoms with Crippen molar-refractivity contribution >= 4 is 25.2 Å². The van der Waals surface area contributed by atoms with Gasteiger partial charge in [0.2, 0.25) is 0 Å². The van der Waals surface area contributed by atoms with E-state index < -0.39 is 72.9 Å². The highest BCUT2D eigenvalue weighted by Crippen LogP contribution is 2.53. The third kappa shape index (κ3) is 6.73. The number of hydrogen-bond acceptors (Lipinski definition) is 9. The molecular weight excluding hydrogens is 546 g/mol. The van der Waals surface area contributed by atoms with Gasteiger partial charge in [0.05, 0.1) is 24.3 Å². The molecule has 1 aromatic heterocycles. The van der Waals surface area contributed by atoms with Crippen molar-refractivity contribution in [3.63, 3.8) is 0 Å². The summed E-state index contributed by atoms with van der Waals surface area (Å²) in [6.45, 7) is 4.95. The maximum absolute atomic E-state index is 14.2. The van der Waals surface area contributed by atoms with Gasteiger partial charge in [-0.1, -0.05) is 25.1 Å². The van der Waals surface area contributed by atoms with Crippen molar-refractivity contribution in [2.24, 2.45) is 5.92 Å². The van der Waals surface area contributed by atoms with Crippen molar-refractivity contribution in [1.82, 2.24) is 9.55 Å².